The number of hydrogen-bond acceptors (Lipinski definition) is 6. The molecule has 1 amide bonds. The number of fused-ring (bicyclic) bond motifs is 2. The summed E-state index contributed by atoms with van der Waals surface area (Å²) in [4.78, 5) is 49.5. The van der Waals surface area contributed by atoms with Crippen molar-refractivity contribution in [3.63, 3.8) is 0 Å². The van der Waals surface area contributed by atoms with E-state index >= 15 is 0 Å². The average molecular weight is 545 g/mol. The monoisotopic (exact) mass is 544 g/mol. The first-order valence-corrected chi connectivity index (χ1v) is 13.6. The lowest BCUT2D eigenvalue weighted by Gasteiger charge is -2.18. The largest absolute Gasteiger partial charge is 0.462 e. The van der Waals surface area contributed by atoms with Crippen LogP contribution in [0, 0.1) is 6.92 Å². The van der Waals surface area contributed by atoms with Crippen LogP contribution in [0.5, 0.6) is 0 Å². The third kappa shape index (κ3) is 5.89. The van der Waals surface area contributed by atoms with E-state index in [0.717, 1.165) is 11.1 Å². The highest BCUT2D eigenvalue weighted by Gasteiger charge is 2.21. The predicted molar refractivity (Wildman–Crippen MR) is 154 cm³/mol. The van der Waals surface area contributed by atoms with Crippen LogP contribution in [-0.2, 0) is 21.4 Å². The number of esters is 1. The minimum absolute atomic E-state index is 0.0249. The van der Waals surface area contributed by atoms with E-state index in [-0.39, 0.29) is 34.0 Å². The van der Waals surface area contributed by atoms with Gasteiger partial charge in [0.2, 0.25) is 0 Å². The van der Waals surface area contributed by atoms with E-state index in [9.17, 15) is 14.4 Å². The average Bonchev–Trinajstić information content (AvgIpc) is 2.92. The van der Waals surface area contributed by atoms with Gasteiger partial charge in [-0.3, -0.25) is 14.0 Å². The lowest BCUT2D eigenvalue weighted by atomic mass is 9.87. The first-order valence-electron chi connectivity index (χ1n) is 13.6. The SMILES string of the molecule is CCOCCCn1c(=NC(=O)c2ccc(C(C)(C)C)cc2)c(C(=O)OCC)cc2c(=O)n3cccc(C)c3nc21. The number of rotatable bonds is 8. The number of benzene rings is 1. The van der Waals surface area contributed by atoms with Crippen LogP contribution in [0.2, 0.25) is 0 Å². The molecule has 4 aromatic rings. The van der Waals surface area contributed by atoms with Gasteiger partial charge in [0, 0.05) is 31.5 Å². The summed E-state index contributed by atoms with van der Waals surface area (Å²) in [5, 5.41) is 0.225. The number of hydrogen-bond donors (Lipinski definition) is 0. The smallest absolute Gasteiger partial charge is 0.341 e. The van der Waals surface area contributed by atoms with Crippen LogP contribution in [0.25, 0.3) is 16.7 Å². The van der Waals surface area contributed by atoms with E-state index < -0.39 is 11.9 Å². The summed E-state index contributed by atoms with van der Waals surface area (Å²) in [7, 11) is 0. The van der Waals surface area contributed by atoms with Crippen molar-refractivity contribution in [1.29, 1.82) is 0 Å². The molecule has 0 saturated carbocycles. The Labute approximate surface area is 233 Å². The molecule has 0 radical (unpaired) electrons. The highest BCUT2D eigenvalue weighted by molar-refractivity contribution is 5.97. The summed E-state index contributed by atoms with van der Waals surface area (Å²) in [6.45, 7) is 13.2. The Kier molecular flexibility index (Phi) is 8.64. The second kappa shape index (κ2) is 12.0. The van der Waals surface area contributed by atoms with Gasteiger partial charge in [-0.2, -0.15) is 4.99 Å². The summed E-state index contributed by atoms with van der Waals surface area (Å²) < 4.78 is 14.0. The van der Waals surface area contributed by atoms with Gasteiger partial charge in [0.25, 0.3) is 11.5 Å². The molecule has 0 aliphatic heterocycles. The number of pyridine rings is 2. The zero-order chi connectivity index (χ0) is 29.0. The number of carbonyl (C=O) groups is 2. The Morgan fingerprint density at radius 3 is 2.40 bits per heavy atom. The molecule has 3 heterocycles. The molecule has 0 saturated heterocycles. The minimum Gasteiger partial charge on any atom is -0.462 e. The van der Waals surface area contributed by atoms with Crippen molar-refractivity contribution in [3.8, 4) is 0 Å². The third-order valence-corrected chi connectivity index (χ3v) is 6.68. The van der Waals surface area contributed by atoms with E-state index in [0.29, 0.717) is 43.0 Å². The summed E-state index contributed by atoms with van der Waals surface area (Å²) >= 11 is 0. The van der Waals surface area contributed by atoms with Crippen molar-refractivity contribution >= 4 is 28.6 Å². The van der Waals surface area contributed by atoms with Gasteiger partial charge < -0.3 is 14.0 Å². The molecular formula is C31H36N4O5. The lowest BCUT2D eigenvalue weighted by molar-refractivity contribution is 0.0523. The van der Waals surface area contributed by atoms with E-state index in [1.54, 1.807) is 35.9 Å². The van der Waals surface area contributed by atoms with E-state index in [1.165, 1.54) is 10.5 Å². The highest BCUT2D eigenvalue weighted by atomic mass is 16.5. The quantitative estimate of drug-likeness (QED) is 0.182. The fraction of sp³-hybridized carbons (Fsp3) is 0.387. The standard InChI is InChI=1S/C31H36N4O5/c1-7-39-18-10-17-34-26-23(29(37)35-16-9-11-20(3)25(35)32-26)19-24(30(38)40-8-2)27(34)33-28(36)21-12-14-22(15-13-21)31(4,5)6/h9,11-16,19H,7-8,10,17-18H2,1-6H3. The molecule has 0 fully saturated rings. The molecule has 0 aliphatic rings. The van der Waals surface area contributed by atoms with Crippen molar-refractivity contribution in [2.75, 3.05) is 19.8 Å². The van der Waals surface area contributed by atoms with Gasteiger partial charge in [-0.25, -0.2) is 9.78 Å². The van der Waals surface area contributed by atoms with Crippen LogP contribution in [0.3, 0.4) is 0 Å². The zero-order valence-corrected chi connectivity index (χ0v) is 24.0. The van der Waals surface area contributed by atoms with Crippen LogP contribution < -0.4 is 11.0 Å². The van der Waals surface area contributed by atoms with Crippen LogP contribution >= 0.6 is 0 Å². The Hall–Kier alpha value is -4.11. The third-order valence-electron chi connectivity index (χ3n) is 6.68. The molecule has 0 N–H and O–H groups in total. The molecule has 0 atom stereocenters. The molecule has 9 heteroatoms. The first kappa shape index (κ1) is 28.9. The van der Waals surface area contributed by atoms with Crippen molar-refractivity contribution in [2.24, 2.45) is 4.99 Å². The van der Waals surface area contributed by atoms with E-state index in [1.807, 2.05) is 32.0 Å². The fourth-order valence-corrected chi connectivity index (χ4v) is 4.52. The van der Waals surface area contributed by atoms with Gasteiger partial charge in [0.1, 0.15) is 16.9 Å². The number of amides is 1. The van der Waals surface area contributed by atoms with Crippen molar-refractivity contribution < 1.29 is 19.1 Å². The number of ether oxygens (including phenoxy) is 2. The Morgan fingerprint density at radius 2 is 1.75 bits per heavy atom. The van der Waals surface area contributed by atoms with E-state index in [4.69, 9.17) is 14.5 Å². The van der Waals surface area contributed by atoms with Crippen LogP contribution in [0.15, 0.2) is 58.4 Å². The number of carbonyl (C=O) groups excluding carboxylic acids is 2. The van der Waals surface area contributed by atoms with Gasteiger partial charge in [-0.05, 0) is 68.0 Å². The molecule has 0 bridgehead atoms. The Morgan fingerprint density at radius 1 is 1.02 bits per heavy atom. The fourth-order valence-electron chi connectivity index (χ4n) is 4.52. The van der Waals surface area contributed by atoms with Crippen LogP contribution in [0.4, 0.5) is 0 Å². The zero-order valence-electron chi connectivity index (χ0n) is 24.0. The first-order chi connectivity index (χ1) is 19.1. The van der Waals surface area contributed by atoms with Gasteiger partial charge in [0.15, 0.2) is 5.49 Å². The summed E-state index contributed by atoms with van der Waals surface area (Å²) in [5.41, 5.74) is 2.81. The maximum atomic E-state index is 13.6. The molecule has 0 aliphatic carbocycles. The van der Waals surface area contributed by atoms with Gasteiger partial charge in [-0.1, -0.05) is 39.0 Å². The van der Waals surface area contributed by atoms with Crippen molar-refractivity contribution in [3.05, 3.63) is 86.8 Å². The molecule has 1 aromatic carbocycles. The second-order valence-electron chi connectivity index (χ2n) is 10.6. The Balaban J connectivity index is 2.03. The maximum Gasteiger partial charge on any atom is 0.341 e. The molecule has 0 unspecified atom stereocenters. The predicted octanol–water partition coefficient (Wildman–Crippen LogP) is 4.60. The van der Waals surface area contributed by atoms with Crippen LogP contribution in [0.1, 0.15) is 72.9 Å². The van der Waals surface area contributed by atoms with Crippen molar-refractivity contribution in [2.45, 2.75) is 59.9 Å². The molecule has 0 spiro atoms. The number of nitrogens with zero attached hydrogens (tertiary/aromatic N) is 4. The lowest BCUT2D eigenvalue weighted by Crippen LogP contribution is -2.33. The molecule has 4 rings (SSSR count). The molecule has 40 heavy (non-hydrogen) atoms. The molecular weight excluding hydrogens is 508 g/mol. The topological polar surface area (TPSA) is 104 Å². The van der Waals surface area contributed by atoms with Crippen LogP contribution in [-0.4, -0.2) is 45.6 Å². The van der Waals surface area contributed by atoms with Gasteiger partial charge in [-0.15, -0.1) is 0 Å². The molecule has 9 nitrogen and oxygen atoms in total. The summed E-state index contributed by atoms with van der Waals surface area (Å²) in [5.74, 6) is -1.19. The highest BCUT2D eigenvalue weighted by Crippen LogP contribution is 2.22. The van der Waals surface area contributed by atoms with Gasteiger partial charge in [0.05, 0.1) is 12.0 Å². The summed E-state index contributed by atoms with van der Waals surface area (Å²) in [6.07, 6.45) is 2.19. The number of aryl methyl sites for hydroxylation is 2. The molecule has 210 valence electrons. The number of aromatic nitrogens is 3. The summed E-state index contributed by atoms with van der Waals surface area (Å²) in [6, 6.07) is 12.4. The van der Waals surface area contributed by atoms with E-state index in [2.05, 4.69) is 25.8 Å². The minimum atomic E-state index is -0.675. The second-order valence-corrected chi connectivity index (χ2v) is 10.6. The van der Waals surface area contributed by atoms with Crippen molar-refractivity contribution in [1.82, 2.24) is 14.0 Å². The molecule has 3 aromatic heterocycles. The van der Waals surface area contributed by atoms with Gasteiger partial charge >= 0.3 is 5.97 Å². The Bertz CT molecular complexity index is 1690. The maximum absolute atomic E-state index is 13.6. The normalized spacial score (nSPS) is 12.3.